The van der Waals surface area contributed by atoms with Crippen LogP contribution in [-0.4, -0.2) is 17.4 Å². The topological polar surface area (TPSA) is 54.4 Å². The average molecular weight is 246 g/mol. The summed E-state index contributed by atoms with van der Waals surface area (Å²) in [5, 5.41) is 8.86. The van der Waals surface area contributed by atoms with Crippen LogP contribution in [0.1, 0.15) is 25.6 Å². The molecule has 2 aromatic rings. The Hall–Kier alpha value is -1.94. The van der Waals surface area contributed by atoms with E-state index in [0.29, 0.717) is 10.4 Å². The van der Waals surface area contributed by atoms with Gasteiger partial charge in [-0.25, -0.2) is 4.79 Å². The molecule has 0 saturated heterocycles. The number of hydrogen-bond acceptors (Lipinski definition) is 3. The fourth-order valence-corrected chi connectivity index (χ4v) is 2.57. The Morgan fingerprint density at radius 2 is 2.06 bits per heavy atom. The molecule has 0 aliphatic rings. The van der Waals surface area contributed by atoms with Gasteiger partial charge in [-0.2, -0.15) is 0 Å². The Morgan fingerprint density at radius 3 is 2.59 bits per heavy atom. The van der Waals surface area contributed by atoms with Gasteiger partial charge in [-0.3, -0.25) is 4.79 Å². The van der Waals surface area contributed by atoms with Gasteiger partial charge in [0.2, 0.25) is 0 Å². The van der Waals surface area contributed by atoms with Crippen LogP contribution in [0.15, 0.2) is 30.3 Å². The molecule has 2 rings (SSSR count). The molecule has 0 amide bonds. The molecule has 1 aromatic heterocycles. The molecule has 0 atom stereocenters. The Balaban J connectivity index is 2.45. The van der Waals surface area contributed by atoms with E-state index in [1.54, 1.807) is 24.3 Å². The van der Waals surface area contributed by atoms with Crippen molar-refractivity contribution in [2.75, 3.05) is 0 Å². The number of aromatic carboxylic acids is 1. The van der Waals surface area contributed by atoms with Crippen molar-refractivity contribution in [1.82, 2.24) is 0 Å². The van der Waals surface area contributed by atoms with Crippen LogP contribution in [0.4, 0.5) is 0 Å². The number of carbonyl (C=O) groups is 2. The van der Waals surface area contributed by atoms with E-state index < -0.39 is 5.97 Å². The highest BCUT2D eigenvalue weighted by Gasteiger charge is 2.10. The number of hydrogen-bond donors (Lipinski definition) is 1. The molecule has 0 radical (unpaired) electrons. The molecule has 4 heteroatoms. The lowest BCUT2D eigenvalue weighted by Crippen LogP contribution is -1.89. The van der Waals surface area contributed by atoms with Crippen LogP contribution < -0.4 is 0 Å². The predicted molar refractivity (Wildman–Crippen MR) is 66.8 cm³/mol. The molecule has 0 bridgehead atoms. The molecule has 3 nitrogen and oxygen atoms in total. The predicted octanol–water partition coefficient (Wildman–Crippen LogP) is 3.23. The maximum absolute atomic E-state index is 10.8. The smallest absolute Gasteiger partial charge is 0.345 e. The quantitative estimate of drug-likeness (QED) is 0.846. The van der Waals surface area contributed by atoms with Gasteiger partial charge in [0.25, 0.3) is 0 Å². The first kappa shape index (κ1) is 11.5. The zero-order valence-electron chi connectivity index (χ0n) is 9.14. The lowest BCUT2D eigenvalue weighted by atomic mass is 10.0. The summed E-state index contributed by atoms with van der Waals surface area (Å²) < 4.78 is 0. The van der Waals surface area contributed by atoms with E-state index >= 15 is 0 Å². The highest BCUT2D eigenvalue weighted by molar-refractivity contribution is 7.17. The Kier molecular flexibility index (Phi) is 3.06. The van der Waals surface area contributed by atoms with Gasteiger partial charge in [0.05, 0.1) is 0 Å². The molecule has 0 spiro atoms. The third kappa shape index (κ3) is 2.26. The number of carboxylic acid groups (broad SMARTS) is 1. The number of thiophene rings is 1. The fourth-order valence-electron chi connectivity index (χ4n) is 1.63. The summed E-state index contributed by atoms with van der Waals surface area (Å²) in [7, 11) is 0. The number of carbonyl (C=O) groups excluding carboxylic acids is 1. The van der Waals surface area contributed by atoms with Crippen LogP contribution in [0, 0.1) is 6.92 Å². The van der Waals surface area contributed by atoms with Crippen LogP contribution in [0.3, 0.4) is 0 Å². The molecule has 1 N–H and O–H groups in total. The third-order valence-corrected chi connectivity index (χ3v) is 3.58. The van der Waals surface area contributed by atoms with Crippen molar-refractivity contribution < 1.29 is 14.7 Å². The van der Waals surface area contributed by atoms with Crippen molar-refractivity contribution in [3.8, 4) is 10.4 Å². The van der Waals surface area contributed by atoms with Gasteiger partial charge in [0.15, 0.2) is 0 Å². The fraction of sp³-hybridized carbons (Fsp3) is 0.0769. The van der Waals surface area contributed by atoms with Crippen LogP contribution in [0.5, 0.6) is 0 Å². The summed E-state index contributed by atoms with van der Waals surface area (Å²) in [5.41, 5.74) is 2.56. The number of aldehydes is 1. The normalized spacial score (nSPS) is 10.2. The minimum atomic E-state index is -0.914. The molecular weight excluding hydrogens is 236 g/mol. The van der Waals surface area contributed by atoms with Crippen molar-refractivity contribution in [3.63, 3.8) is 0 Å². The highest BCUT2D eigenvalue weighted by Crippen LogP contribution is 2.30. The van der Waals surface area contributed by atoms with Gasteiger partial charge in [0, 0.05) is 10.4 Å². The van der Waals surface area contributed by atoms with Crippen molar-refractivity contribution in [2.24, 2.45) is 0 Å². The largest absolute Gasteiger partial charge is 0.477 e. The van der Waals surface area contributed by atoms with E-state index in [4.69, 9.17) is 5.11 Å². The maximum atomic E-state index is 10.8. The first-order valence-corrected chi connectivity index (χ1v) is 5.83. The van der Waals surface area contributed by atoms with E-state index in [1.165, 1.54) is 11.3 Å². The average Bonchev–Trinajstić information content (AvgIpc) is 2.78. The zero-order chi connectivity index (χ0) is 12.4. The second-order valence-corrected chi connectivity index (χ2v) is 4.75. The molecule has 0 fully saturated rings. The van der Waals surface area contributed by atoms with Crippen molar-refractivity contribution in [3.05, 3.63) is 46.3 Å². The first-order valence-electron chi connectivity index (χ1n) is 5.01. The molecule has 1 aromatic carbocycles. The van der Waals surface area contributed by atoms with E-state index in [-0.39, 0.29) is 0 Å². The second kappa shape index (κ2) is 4.51. The molecule has 17 heavy (non-hydrogen) atoms. The summed E-state index contributed by atoms with van der Waals surface area (Å²) in [6, 6.07) is 8.75. The Bertz CT molecular complexity index is 584. The number of rotatable bonds is 3. The minimum absolute atomic E-state index is 0.318. The minimum Gasteiger partial charge on any atom is -0.477 e. The summed E-state index contributed by atoms with van der Waals surface area (Å²) in [6.45, 7) is 1.91. The SMILES string of the molecule is Cc1cc(C=O)ccc1-c1ccc(C(=O)O)s1. The van der Waals surface area contributed by atoms with Gasteiger partial charge in [-0.05, 0) is 36.2 Å². The van der Waals surface area contributed by atoms with E-state index in [0.717, 1.165) is 22.3 Å². The Morgan fingerprint density at radius 1 is 1.29 bits per heavy atom. The standard InChI is InChI=1S/C13H10O3S/c1-8-6-9(7-14)2-3-10(8)11-4-5-12(17-11)13(15)16/h2-7H,1H3,(H,15,16). The second-order valence-electron chi connectivity index (χ2n) is 3.66. The molecular formula is C13H10O3S. The molecule has 0 aliphatic carbocycles. The molecule has 1 heterocycles. The molecule has 0 aliphatic heterocycles. The van der Waals surface area contributed by atoms with Crippen LogP contribution in [0.25, 0.3) is 10.4 Å². The zero-order valence-corrected chi connectivity index (χ0v) is 9.95. The lowest BCUT2D eigenvalue weighted by Gasteiger charge is -2.03. The van der Waals surface area contributed by atoms with Crippen molar-refractivity contribution in [1.29, 1.82) is 0 Å². The van der Waals surface area contributed by atoms with Gasteiger partial charge >= 0.3 is 5.97 Å². The number of benzene rings is 1. The molecule has 86 valence electrons. The summed E-state index contributed by atoms with van der Waals surface area (Å²) in [5.74, 6) is -0.914. The first-order chi connectivity index (χ1) is 8.11. The Labute approximate surface area is 102 Å². The van der Waals surface area contributed by atoms with Crippen LogP contribution >= 0.6 is 11.3 Å². The van der Waals surface area contributed by atoms with Gasteiger partial charge < -0.3 is 5.11 Å². The molecule has 0 saturated carbocycles. The van der Waals surface area contributed by atoms with Gasteiger partial charge in [-0.1, -0.05) is 12.1 Å². The van der Waals surface area contributed by atoms with E-state index in [9.17, 15) is 9.59 Å². The van der Waals surface area contributed by atoms with E-state index in [1.807, 2.05) is 13.0 Å². The number of aryl methyl sites for hydroxylation is 1. The highest BCUT2D eigenvalue weighted by atomic mass is 32.1. The summed E-state index contributed by atoms with van der Waals surface area (Å²) in [4.78, 5) is 22.6. The lowest BCUT2D eigenvalue weighted by molar-refractivity contribution is 0.0702. The van der Waals surface area contributed by atoms with Crippen LogP contribution in [-0.2, 0) is 0 Å². The van der Waals surface area contributed by atoms with Gasteiger partial charge in [-0.15, -0.1) is 11.3 Å². The third-order valence-electron chi connectivity index (χ3n) is 2.47. The number of carboxylic acids is 1. The summed E-state index contributed by atoms with van der Waals surface area (Å²) >= 11 is 1.23. The van der Waals surface area contributed by atoms with Crippen molar-refractivity contribution in [2.45, 2.75) is 6.92 Å². The monoisotopic (exact) mass is 246 g/mol. The van der Waals surface area contributed by atoms with Crippen LogP contribution in [0.2, 0.25) is 0 Å². The van der Waals surface area contributed by atoms with E-state index in [2.05, 4.69) is 0 Å². The van der Waals surface area contributed by atoms with Crippen molar-refractivity contribution >= 4 is 23.6 Å². The summed E-state index contributed by atoms with van der Waals surface area (Å²) in [6.07, 6.45) is 0.799. The maximum Gasteiger partial charge on any atom is 0.345 e. The molecule has 0 unspecified atom stereocenters. The van der Waals surface area contributed by atoms with Gasteiger partial charge in [0.1, 0.15) is 11.2 Å².